The first-order valence-corrected chi connectivity index (χ1v) is 4.91. The third kappa shape index (κ3) is 3.00. The number of rotatable bonds is 4. The highest BCUT2D eigenvalue weighted by Gasteiger charge is 2.33. The van der Waals surface area contributed by atoms with Gasteiger partial charge in [-0.25, -0.2) is 4.79 Å². The van der Waals surface area contributed by atoms with E-state index in [-0.39, 0.29) is 11.9 Å². The molecule has 0 aliphatic carbocycles. The smallest absolute Gasteiger partial charge is 0.317 e. The molecule has 2 amide bonds. The fraction of sp³-hybridized carbons (Fsp3) is 0.778. The van der Waals surface area contributed by atoms with E-state index in [0.717, 1.165) is 0 Å². The number of nitrogens with one attached hydrogen (secondary N) is 1. The average molecular weight is 216 g/mol. The Morgan fingerprint density at radius 2 is 1.93 bits per heavy atom. The quantitative estimate of drug-likeness (QED) is 0.277. The SMILES string of the molecule is CCC(CC)(NC(=O)N(C)C)C(N)=NO. The summed E-state index contributed by atoms with van der Waals surface area (Å²) in [5.74, 6) is 0.0303. The van der Waals surface area contributed by atoms with Gasteiger partial charge in [0.1, 0.15) is 5.54 Å². The summed E-state index contributed by atoms with van der Waals surface area (Å²) in [6, 6.07) is -0.259. The van der Waals surface area contributed by atoms with Crippen molar-refractivity contribution in [3.8, 4) is 0 Å². The van der Waals surface area contributed by atoms with Crippen molar-refractivity contribution in [3.63, 3.8) is 0 Å². The normalized spacial score (nSPS) is 12.4. The van der Waals surface area contributed by atoms with Crippen molar-refractivity contribution in [2.24, 2.45) is 10.9 Å². The van der Waals surface area contributed by atoms with Gasteiger partial charge < -0.3 is 21.2 Å². The van der Waals surface area contributed by atoms with Crippen molar-refractivity contribution in [2.45, 2.75) is 32.2 Å². The maximum Gasteiger partial charge on any atom is 0.317 e. The number of amidine groups is 1. The van der Waals surface area contributed by atoms with E-state index in [1.165, 1.54) is 4.90 Å². The molecule has 0 aromatic carbocycles. The standard InChI is InChI=1S/C9H20N4O2/c1-5-9(6-2,7(10)12-15)11-8(14)13(3)4/h15H,5-6H2,1-4H3,(H2,10,12)(H,11,14). The van der Waals surface area contributed by atoms with E-state index in [1.807, 2.05) is 13.8 Å². The summed E-state index contributed by atoms with van der Waals surface area (Å²) in [5, 5.41) is 14.4. The minimum absolute atomic E-state index is 0.0303. The van der Waals surface area contributed by atoms with Gasteiger partial charge in [-0.2, -0.15) is 0 Å². The Bertz CT molecular complexity index is 246. The molecule has 0 aliphatic rings. The monoisotopic (exact) mass is 216 g/mol. The van der Waals surface area contributed by atoms with Crippen molar-refractivity contribution < 1.29 is 10.0 Å². The molecule has 4 N–H and O–H groups in total. The number of carbonyl (C=O) groups excluding carboxylic acids is 1. The summed E-state index contributed by atoms with van der Waals surface area (Å²) in [7, 11) is 3.27. The van der Waals surface area contributed by atoms with Gasteiger partial charge >= 0.3 is 6.03 Å². The highest BCUT2D eigenvalue weighted by molar-refractivity contribution is 5.93. The third-order valence-electron chi connectivity index (χ3n) is 2.56. The van der Waals surface area contributed by atoms with E-state index in [0.29, 0.717) is 12.8 Å². The van der Waals surface area contributed by atoms with Crippen LogP contribution in [0.3, 0.4) is 0 Å². The van der Waals surface area contributed by atoms with Gasteiger partial charge in [-0.05, 0) is 12.8 Å². The van der Waals surface area contributed by atoms with Gasteiger partial charge in [0, 0.05) is 14.1 Å². The first-order chi connectivity index (χ1) is 6.93. The molecule has 0 aromatic rings. The van der Waals surface area contributed by atoms with Crippen LogP contribution < -0.4 is 11.1 Å². The van der Waals surface area contributed by atoms with Crippen molar-refractivity contribution >= 4 is 11.9 Å². The largest absolute Gasteiger partial charge is 0.409 e. The maximum atomic E-state index is 11.5. The minimum atomic E-state index is -0.768. The number of hydrogen-bond acceptors (Lipinski definition) is 3. The van der Waals surface area contributed by atoms with Gasteiger partial charge in [0.25, 0.3) is 0 Å². The molecule has 0 rings (SSSR count). The molecule has 0 radical (unpaired) electrons. The minimum Gasteiger partial charge on any atom is -0.409 e. The predicted octanol–water partition coefficient (Wildman–Crippen LogP) is 0.563. The Morgan fingerprint density at radius 1 is 1.47 bits per heavy atom. The average Bonchev–Trinajstić information content (AvgIpc) is 2.24. The molecule has 0 bridgehead atoms. The topological polar surface area (TPSA) is 91.0 Å². The van der Waals surface area contributed by atoms with E-state index in [2.05, 4.69) is 10.5 Å². The molecular weight excluding hydrogens is 196 g/mol. The molecule has 0 saturated heterocycles. The van der Waals surface area contributed by atoms with E-state index < -0.39 is 5.54 Å². The van der Waals surface area contributed by atoms with Crippen LogP contribution in [0.4, 0.5) is 4.79 Å². The molecule has 0 spiro atoms. The summed E-state index contributed by atoms with van der Waals surface area (Å²) in [5.41, 5.74) is 4.82. The molecule has 0 saturated carbocycles. The van der Waals surface area contributed by atoms with Crippen molar-refractivity contribution in [2.75, 3.05) is 14.1 Å². The van der Waals surface area contributed by atoms with Crippen molar-refractivity contribution in [1.82, 2.24) is 10.2 Å². The molecule has 0 fully saturated rings. The first-order valence-electron chi connectivity index (χ1n) is 4.91. The first kappa shape index (κ1) is 13.5. The molecule has 0 aliphatic heterocycles. The number of amides is 2. The van der Waals surface area contributed by atoms with Gasteiger partial charge in [-0.15, -0.1) is 0 Å². The van der Waals surface area contributed by atoms with Crippen LogP contribution in [0.1, 0.15) is 26.7 Å². The van der Waals surface area contributed by atoms with Gasteiger partial charge in [0.05, 0.1) is 0 Å². The highest BCUT2D eigenvalue weighted by atomic mass is 16.4. The van der Waals surface area contributed by atoms with Crippen LogP contribution in [-0.2, 0) is 0 Å². The molecule has 6 nitrogen and oxygen atoms in total. The lowest BCUT2D eigenvalue weighted by atomic mass is 9.91. The maximum absolute atomic E-state index is 11.5. The Hall–Kier alpha value is -1.46. The molecule has 0 atom stereocenters. The van der Waals surface area contributed by atoms with E-state index >= 15 is 0 Å². The van der Waals surface area contributed by atoms with Crippen molar-refractivity contribution in [3.05, 3.63) is 0 Å². The van der Waals surface area contributed by atoms with Gasteiger partial charge in [0.2, 0.25) is 0 Å². The summed E-state index contributed by atoms with van der Waals surface area (Å²) in [6.07, 6.45) is 1.14. The Balaban J connectivity index is 4.88. The lowest BCUT2D eigenvalue weighted by Crippen LogP contribution is -2.58. The Morgan fingerprint density at radius 3 is 2.20 bits per heavy atom. The summed E-state index contributed by atoms with van der Waals surface area (Å²) in [4.78, 5) is 12.9. The number of oxime groups is 1. The Labute approximate surface area is 90.1 Å². The number of nitrogens with zero attached hydrogens (tertiary/aromatic N) is 2. The van der Waals surface area contributed by atoms with Crippen LogP contribution in [0.15, 0.2) is 5.16 Å². The second kappa shape index (κ2) is 5.43. The number of urea groups is 1. The molecule has 88 valence electrons. The van der Waals surface area contributed by atoms with Crippen molar-refractivity contribution in [1.29, 1.82) is 0 Å². The van der Waals surface area contributed by atoms with Crippen LogP contribution in [0.2, 0.25) is 0 Å². The zero-order valence-electron chi connectivity index (χ0n) is 9.74. The molecule has 0 heterocycles. The zero-order chi connectivity index (χ0) is 12.1. The van der Waals surface area contributed by atoms with Crippen LogP contribution in [0.5, 0.6) is 0 Å². The fourth-order valence-electron chi connectivity index (χ4n) is 1.27. The van der Waals surface area contributed by atoms with Gasteiger partial charge in [0.15, 0.2) is 5.84 Å². The lowest BCUT2D eigenvalue weighted by molar-refractivity contribution is 0.206. The van der Waals surface area contributed by atoms with Gasteiger partial charge in [-0.3, -0.25) is 0 Å². The highest BCUT2D eigenvalue weighted by Crippen LogP contribution is 2.15. The second-order valence-electron chi connectivity index (χ2n) is 3.60. The van der Waals surface area contributed by atoms with E-state index in [4.69, 9.17) is 10.9 Å². The number of carbonyl (C=O) groups is 1. The molecule has 0 unspecified atom stereocenters. The van der Waals surface area contributed by atoms with Gasteiger partial charge in [-0.1, -0.05) is 19.0 Å². The Kier molecular flexibility index (Phi) is 4.90. The second-order valence-corrected chi connectivity index (χ2v) is 3.60. The summed E-state index contributed by atoms with van der Waals surface area (Å²) < 4.78 is 0. The molecule has 15 heavy (non-hydrogen) atoms. The van der Waals surface area contributed by atoms with Crippen LogP contribution in [-0.4, -0.2) is 41.6 Å². The number of hydrogen-bond donors (Lipinski definition) is 3. The fourth-order valence-corrected chi connectivity index (χ4v) is 1.27. The van der Waals surface area contributed by atoms with Crippen LogP contribution in [0, 0.1) is 0 Å². The predicted molar refractivity (Wildman–Crippen MR) is 58.9 cm³/mol. The lowest BCUT2D eigenvalue weighted by Gasteiger charge is -2.32. The molecule has 6 heteroatoms. The van der Waals surface area contributed by atoms with E-state index in [1.54, 1.807) is 14.1 Å². The summed E-state index contributed by atoms with van der Waals surface area (Å²) >= 11 is 0. The molecule has 0 aromatic heterocycles. The molecular formula is C9H20N4O2. The summed E-state index contributed by atoms with van der Waals surface area (Å²) in [6.45, 7) is 3.74. The third-order valence-corrected chi connectivity index (χ3v) is 2.56. The van der Waals surface area contributed by atoms with Crippen LogP contribution >= 0.6 is 0 Å². The van der Waals surface area contributed by atoms with Crippen LogP contribution in [0.25, 0.3) is 0 Å². The number of nitrogens with two attached hydrogens (primary N) is 1. The zero-order valence-corrected chi connectivity index (χ0v) is 9.74. The van der Waals surface area contributed by atoms with E-state index in [9.17, 15) is 4.79 Å².